The van der Waals surface area contributed by atoms with Gasteiger partial charge in [-0.05, 0) is 24.1 Å². The van der Waals surface area contributed by atoms with E-state index in [0.29, 0.717) is 24.0 Å². The van der Waals surface area contributed by atoms with Gasteiger partial charge in [-0.1, -0.05) is 37.1 Å². The Morgan fingerprint density at radius 2 is 2.29 bits per heavy atom. The van der Waals surface area contributed by atoms with Gasteiger partial charge in [0.2, 0.25) is 0 Å². The Labute approximate surface area is 128 Å². The first-order valence-corrected chi connectivity index (χ1v) is 7.17. The van der Waals surface area contributed by atoms with Crippen LogP contribution in [-0.2, 0) is 13.2 Å². The third-order valence-electron chi connectivity index (χ3n) is 3.06. The summed E-state index contributed by atoms with van der Waals surface area (Å²) in [6.45, 7) is 3.05. The van der Waals surface area contributed by atoms with Gasteiger partial charge in [-0.25, -0.2) is 4.68 Å². The number of anilines is 1. The van der Waals surface area contributed by atoms with E-state index in [-0.39, 0.29) is 11.4 Å². The first kappa shape index (κ1) is 15.2. The highest BCUT2D eigenvalue weighted by Gasteiger charge is 2.16. The fourth-order valence-electron chi connectivity index (χ4n) is 1.92. The summed E-state index contributed by atoms with van der Waals surface area (Å²) < 4.78 is 7.24. The van der Waals surface area contributed by atoms with Crippen LogP contribution in [0.15, 0.2) is 24.3 Å². The number of nitrogen functional groups attached to an aromatic ring is 1. The highest BCUT2D eigenvalue weighted by Crippen LogP contribution is 2.24. The van der Waals surface area contributed by atoms with Gasteiger partial charge >= 0.3 is 0 Å². The highest BCUT2D eigenvalue weighted by atomic mass is 35.5. The van der Waals surface area contributed by atoms with E-state index >= 15 is 0 Å². The number of hydrogen-bond donors (Lipinski definition) is 1. The molecular weight excluding hydrogens is 288 g/mol. The molecule has 1 heterocycles. The normalized spacial score (nSPS) is 10.3. The summed E-state index contributed by atoms with van der Waals surface area (Å²) in [6.07, 6.45) is 1.98. The zero-order valence-electron chi connectivity index (χ0n) is 11.8. The van der Waals surface area contributed by atoms with Crippen molar-refractivity contribution < 1.29 is 4.74 Å². The lowest BCUT2D eigenvalue weighted by atomic mass is 10.2. The van der Waals surface area contributed by atoms with Gasteiger partial charge in [0.15, 0.2) is 5.56 Å². The number of nitriles is 1. The minimum atomic E-state index is 0.270. The topological polar surface area (TPSA) is 76.9 Å². The lowest BCUT2D eigenvalue weighted by Crippen LogP contribution is -2.05. The minimum absolute atomic E-state index is 0.270. The number of nitrogens with zero attached hydrogens (tertiary/aromatic N) is 3. The first-order valence-electron chi connectivity index (χ1n) is 6.79. The molecule has 0 aliphatic rings. The van der Waals surface area contributed by atoms with E-state index in [2.05, 4.69) is 12.0 Å². The molecule has 21 heavy (non-hydrogen) atoms. The molecule has 0 radical (unpaired) electrons. The fraction of sp³-hybridized carbons (Fsp3) is 0.333. The van der Waals surface area contributed by atoms with Crippen molar-refractivity contribution in [1.82, 2.24) is 9.78 Å². The van der Waals surface area contributed by atoms with Gasteiger partial charge in [0.25, 0.3) is 5.88 Å². The second-order valence-electron chi connectivity index (χ2n) is 4.67. The number of benzene rings is 1. The summed E-state index contributed by atoms with van der Waals surface area (Å²) in [6, 6.07) is 9.40. The van der Waals surface area contributed by atoms with Crippen LogP contribution < -0.4 is 10.5 Å². The zero-order valence-corrected chi connectivity index (χ0v) is 12.6. The summed E-state index contributed by atoms with van der Waals surface area (Å²) in [5, 5.41) is 14.1. The molecule has 0 aliphatic carbocycles. The zero-order chi connectivity index (χ0) is 15.2. The monoisotopic (exact) mass is 304 g/mol. The SMILES string of the molecule is CCCCn1nc(OCc2cccc(Cl)c2)c(C#N)c1N. The maximum Gasteiger partial charge on any atom is 0.253 e. The van der Waals surface area contributed by atoms with Crippen LogP contribution in [-0.4, -0.2) is 9.78 Å². The Morgan fingerprint density at radius 1 is 1.48 bits per heavy atom. The van der Waals surface area contributed by atoms with Crippen LogP contribution in [0.1, 0.15) is 30.9 Å². The van der Waals surface area contributed by atoms with Crippen LogP contribution in [0.3, 0.4) is 0 Å². The predicted molar refractivity (Wildman–Crippen MR) is 82.0 cm³/mol. The summed E-state index contributed by atoms with van der Waals surface area (Å²) >= 11 is 5.92. The molecule has 0 saturated carbocycles. The molecule has 6 heteroatoms. The van der Waals surface area contributed by atoms with Crippen molar-refractivity contribution >= 4 is 17.4 Å². The van der Waals surface area contributed by atoms with Gasteiger partial charge < -0.3 is 10.5 Å². The second-order valence-corrected chi connectivity index (χ2v) is 5.11. The summed E-state index contributed by atoms with van der Waals surface area (Å²) in [7, 11) is 0. The lowest BCUT2D eigenvalue weighted by Gasteiger charge is -2.04. The van der Waals surface area contributed by atoms with Crippen molar-refractivity contribution in [2.45, 2.75) is 32.9 Å². The Balaban J connectivity index is 2.14. The van der Waals surface area contributed by atoms with Crippen molar-refractivity contribution in [2.75, 3.05) is 5.73 Å². The average molecular weight is 305 g/mol. The Kier molecular flexibility index (Phi) is 5.07. The van der Waals surface area contributed by atoms with Gasteiger partial charge in [-0.3, -0.25) is 0 Å². The van der Waals surface area contributed by atoms with Crippen molar-refractivity contribution in [3.8, 4) is 11.9 Å². The number of ether oxygens (including phenoxy) is 1. The van der Waals surface area contributed by atoms with E-state index in [1.165, 1.54) is 0 Å². The minimum Gasteiger partial charge on any atom is -0.471 e. The van der Waals surface area contributed by atoms with Crippen LogP contribution in [0.25, 0.3) is 0 Å². The number of aromatic nitrogens is 2. The van der Waals surface area contributed by atoms with Gasteiger partial charge in [0.05, 0.1) is 0 Å². The van der Waals surface area contributed by atoms with Crippen molar-refractivity contribution in [2.24, 2.45) is 0 Å². The molecule has 110 valence electrons. The molecule has 5 nitrogen and oxygen atoms in total. The maximum atomic E-state index is 9.19. The molecule has 0 fully saturated rings. The molecule has 2 N–H and O–H groups in total. The number of nitrogens with two attached hydrogens (primary N) is 1. The number of unbranched alkanes of at least 4 members (excludes halogenated alkanes) is 1. The molecule has 2 aromatic rings. The van der Waals surface area contributed by atoms with E-state index in [9.17, 15) is 5.26 Å². The van der Waals surface area contributed by atoms with E-state index in [0.717, 1.165) is 18.4 Å². The lowest BCUT2D eigenvalue weighted by molar-refractivity contribution is 0.288. The molecule has 0 amide bonds. The van der Waals surface area contributed by atoms with Crippen LogP contribution in [0.4, 0.5) is 5.82 Å². The number of rotatable bonds is 6. The van der Waals surface area contributed by atoms with Crippen LogP contribution >= 0.6 is 11.6 Å². The molecule has 0 atom stereocenters. The molecule has 0 unspecified atom stereocenters. The van der Waals surface area contributed by atoms with E-state index < -0.39 is 0 Å². The Morgan fingerprint density at radius 3 is 2.95 bits per heavy atom. The molecular formula is C15H17ClN4O. The maximum absolute atomic E-state index is 9.19. The van der Waals surface area contributed by atoms with E-state index in [1.807, 2.05) is 24.3 Å². The standard InChI is InChI=1S/C15H17ClN4O/c1-2-3-7-20-14(18)13(9-17)15(19-20)21-10-11-5-4-6-12(16)8-11/h4-6,8H,2-3,7,10,18H2,1H3. The molecule has 1 aromatic carbocycles. The van der Waals surface area contributed by atoms with Gasteiger partial charge in [-0.15, -0.1) is 5.10 Å². The van der Waals surface area contributed by atoms with Gasteiger partial charge in [-0.2, -0.15) is 5.26 Å². The third-order valence-corrected chi connectivity index (χ3v) is 3.29. The van der Waals surface area contributed by atoms with Crippen molar-refractivity contribution in [1.29, 1.82) is 5.26 Å². The van der Waals surface area contributed by atoms with Crippen molar-refractivity contribution in [3.05, 3.63) is 40.4 Å². The number of aryl methyl sites for hydroxylation is 1. The van der Waals surface area contributed by atoms with Crippen LogP contribution in [0, 0.1) is 11.3 Å². The molecule has 1 aromatic heterocycles. The quantitative estimate of drug-likeness (QED) is 0.887. The van der Waals surface area contributed by atoms with Gasteiger partial charge in [0.1, 0.15) is 18.5 Å². The highest BCUT2D eigenvalue weighted by molar-refractivity contribution is 6.30. The number of hydrogen-bond acceptors (Lipinski definition) is 4. The molecule has 0 spiro atoms. The summed E-state index contributed by atoms with van der Waals surface area (Å²) in [5.74, 6) is 0.623. The molecule has 2 rings (SSSR count). The van der Waals surface area contributed by atoms with E-state index in [4.69, 9.17) is 22.1 Å². The van der Waals surface area contributed by atoms with Crippen LogP contribution in [0.2, 0.25) is 5.02 Å². The van der Waals surface area contributed by atoms with Gasteiger partial charge in [0, 0.05) is 11.6 Å². The number of halogens is 1. The third kappa shape index (κ3) is 3.67. The Bertz CT molecular complexity index is 660. The van der Waals surface area contributed by atoms with E-state index in [1.54, 1.807) is 10.7 Å². The fourth-order valence-corrected chi connectivity index (χ4v) is 2.13. The Hall–Kier alpha value is -2.19. The molecule has 0 aliphatic heterocycles. The summed E-state index contributed by atoms with van der Waals surface area (Å²) in [5.41, 5.74) is 7.12. The van der Waals surface area contributed by atoms with Crippen LogP contribution in [0.5, 0.6) is 5.88 Å². The smallest absolute Gasteiger partial charge is 0.253 e. The first-order chi connectivity index (χ1) is 10.2. The predicted octanol–water partition coefficient (Wildman–Crippen LogP) is 3.37. The second kappa shape index (κ2) is 7.00. The molecule has 0 bridgehead atoms. The van der Waals surface area contributed by atoms with Crippen molar-refractivity contribution in [3.63, 3.8) is 0 Å². The molecule has 0 saturated heterocycles. The average Bonchev–Trinajstić information content (AvgIpc) is 2.78. The largest absolute Gasteiger partial charge is 0.471 e. The summed E-state index contributed by atoms with van der Waals surface area (Å²) in [4.78, 5) is 0.